The number of unbranched alkanes of at least 4 members (excludes halogenated alkanes) is 3. The second-order valence-corrected chi connectivity index (χ2v) is 13.3. The van der Waals surface area contributed by atoms with E-state index in [0.717, 1.165) is 49.0 Å². The molecule has 1 unspecified atom stereocenters. The molecule has 43 heavy (non-hydrogen) atoms. The standard InChI is InChI=1S/C37H48O6/c1-36(2,3)26-33(37(4,5)6)35(39)42-25-11-9-8-10-24-41-31-20-16-29(17-21-31)34(38)43-32-22-14-28(15-23-32)27-12-18-30(40-7)19-13-27/h12-23,33H,8-11,24-26H2,1-7H3. The van der Waals surface area contributed by atoms with Gasteiger partial charge in [0.1, 0.15) is 17.2 Å². The number of ether oxygens (including phenoxy) is 4. The lowest BCUT2D eigenvalue weighted by molar-refractivity contribution is -0.154. The Hall–Kier alpha value is -3.80. The summed E-state index contributed by atoms with van der Waals surface area (Å²) in [5.74, 6) is 1.39. The Morgan fingerprint density at radius 3 is 1.67 bits per heavy atom. The van der Waals surface area contributed by atoms with Crippen LogP contribution in [0.2, 0.25) is 0 Å². The number of benzene rings is 3. The maximum absolute atomic E-state index is 12.7. The molecule has 0 heterocycles. The van der Waals surface area contributed by atoms with E-state index in [1.807, 2.05) is 36.4 Å². The fourth-order valence-electron chi connectivity index (χ4n) is 4.73. The molecule has 232 valence electrons. The lowest BCUT2D eigenvalue weighted by Gasteiger charge is -2.33. The van der Waals surface area contributed by atoms with Gasteiger partial charge in [-0.3, -0.25) is 4.79 Å². The van der Waals surface area contributed by atoms with Gasteiger partial charge in [0.05, 0.1) is 31.8 Å². The van der Waals surface area contributed by atoms with Crippen molar-refractivity contribution in [3.05, 3.63) is 78.4 Å². The molecule has 3 aromatic rings. The minimum Gasteiger partial charge on any atom is -0.497 e. The third kappa shape index (κ3) is 11.4. The topological polar surface area (TPSA) is 71.1 Å². The van der Waals surface area contributed by atoms with E-state index < -0.39 is 5.97 Å². The van der Waals surface area contributed by atoms with Crippen LogP contribution in [0.15, 0.2) is 72.8 Å². The van der Waals surface area contributed by atoms with Gasteiger partial charge in [0.2, 0.25) is 0 Å². The molecule has 0 N–H and O–H groups in total. The van der Waals surface area contributed by atoms with E-state index in [9.17, 15) is 9.59 Å². The van der Waals surface area contributed by atoms with E-state index in [2.05, 4.69) is 41.5 Å². The highest BCUT2D eigenvalue weighted by molar-refractivity contribution is 5.91. The second-order valence-electron chi connectivity index (χ2n) is 13.3. The van der Waals surface area contributed by atoms with E-state index in [0.29, 0.717) is 30.3 Å². The van der Waals surface area contributed by atoms with Crippen molar-refractivity contribution in [2.45, 2.75) is 73.6 Å². The van der Waals surface area contributed by atoms with Crippen LogP contribution in [0, 0.1) is 16.7 Å². The Morgan fingerprint density at radius 1 is 0.651 bits per heavy atom. The van der Waals surface area contributed by atoms with E-state index in [1.54, 1.807) is 43.5 Å². The molecule has 0 bridgehead atoms. The first-order valence-corrected chi connectivity index (χ1v) is 15.2. The van der Waals surface area contributed by atoms with E-state index in [-0.39, 0.29) is 22.7 Å². The number of hydrogen-bond acceptors (Lipinski definition) is 6. The van der Waals surface area contributed by atoms with Crippen LogP contribution in [0.4, 0.5) is 0 Å². The van der Waals surface area contributed by atoms with Crippen molar-refractivity contribution in [2.24, 2.45) is 16.7 Å². The van der Waals surface area contributed by atoms with Crippen molar-refractivity contribution in [1.82, 2.24) is 0 Å². The summed E-state index contributed by atoms with van der Waals surface area (Å²) in [6.07, 6.45) is 4.53. The Labute approximate surface area is 257 Å². The number of carbonyl (C=O) groups is 2. The van der Waals surface area contributed by atoms with Gasteiger partial charge < -0.3 is 18.9 Å². The molecule has 0 aromatic heterocycles. The molecule has 0 amide bonds. The van der Waals surface area contributed by atoms with Crippen molar-refractivity contribution < 1.29 is 28.5 Å². The van der Waals surface area contributed by atoms with Crippen molar-refractivity contribution in [2.75, 3.05) is 20.3 Å². The maximum atomic E-state index is 12.7. The fourth-order valence-corrected chi connectivity index (χ4v) is 4.73. The molecule has 6 nitrogen and oxygen atoms in total. The number of methoxy groups -OCH3 is 1. The minimum absolute atomic E-state index is 0.0763. The maximum Gasteiger partial charge on any atom is 0.343 e. The van der Waals surface area contributed by atoms with Crippen LogP contribution in [0.25, 0.3) is 11.1 Å². The van der Waals surface area contributed by atoms with Crippen LogP contribution in [-0.4, -0.2) is 32.3 Å². The highest BCUT2D eigenvalue weighted by atomic mass is 16.5. The second kappa shape index (κ2) is 15.6. The predicted molar refractivity (Wildman–Crippen MR) is 172 cm³/mol. The molecule has 1 atom stereocenters. The molecular formula is C37H48O6. The Bertz CT molecular complexity index is 1280. The van der Waals surface area contributed by atoms with E-state index in [1.165, 1.54) is 0 Å². The SMILES string of the molecule is COc1ccc(-c2ccc(OC(=O)c3ccc(OCCCCCCOC(=O)C(CC(C)(C)C)C(C)(C)C)cc3)cc2)cc1. The Morgan fingerprint density at radius 2 is 1.16 bits per heavy atom. The van der Waals surface area contributed by atoms with Gasteiger partial charge >= 0.3 is 11.9 Å². The van der Waals surface area contributed by atoms with Gasteiger partial charge in [-0.15, -0.1) is 0 Å². The smallest absolute Gasteiger partial charge is 0.343 e. The van der Waals surface area contributed by atoms with Crippen molar-refractivity contribution in [1.29, 1.82) is 0 Å². The van der Waals surface area contributed by atoms with Gasteiger partial charge in [-0.25, -0.2) is 4.79 Å². The van der Waals surface area contributed by atoms with Gasteiger partial charge in [-0.2, -0.15) is 0 Å². The molecule has 0 aliphatic heterocycles. The zero-order valence-electron chi connectivity index (χ0n) is 26.9. The van der Waals surface area contributed by atoms with Crippen molar-refractivity contribution in [3.63, 3.8) is 0 Å². The largest absolute Gasteiger partial charge is 0.497 e. The number of hydrogen-bond donors (Lipinski definition) is 0. The first-order valence-electron chi connectivity index (χ1n) is 15.2. The highest BCUT2D eigenvalue weighted by Gasteiger charge is 2.35. The molecule has 3 aromatic carbocycles. The molecule has 0 aliphatic carbocycles. The van der Waals surface area contributed by atoms with Crippen molar-refractivity contribution in [3.8, 4) is 28.4 Å². The summed E-state index contributed by atoms with van der Waals surface area (Å²) < 4.78 is 22.2. The molecular weight excluding hydrogens is 540 g/mol. The molecule has 0 spiro atoms. The number of carbonyl (C=O) groups excluding carboxylic acids is 2. The monoisotopic (exact) mass is 588 g/mol. The fraction of sp³-hybridized carbons (Fsp3) is 0.459. The van der Waals surface area contributed by atoms with Crippen LogP contribution in [0.5, 0.6) is 17.2 Å². The van der Waals surface area contributed by atoms with Gasteiger partial charge in [0, 0.05) is 0 Å². The van der Waals surface area contributed by atoms with Crippen LogP contribution in [0.3, 0.4) is 0 Å². The Kier molecular flexibility index (Phi) is 12.2. The molecule has 0 saturated carbocycles. The molecule has 6 heteroatoms. The van der Waals surface area contributed by atoms with E-state index >= 15 is 0 Å². The summed E-state index contributed by atoms with van der Waals surface area (Å²) in [7, 11) is 1.64. The molecule has 0 fully saturated rings. The summed E-state index contributed by atoms with van der Waals surface area (Å²) >= 11 is 0. The number of rotatable bonds is 14. The average molecular weight is 589 g/mol. The third-order valence-electron chi connectivity index (χ3n) is 7.28. The quantitative estimate of drug-likeness (QED) is 0.106. The molecule has 0 radical (unpaired) electrons. The number of esters is 2. The van der Waals surface area contributed by atoms with Gasteiger partial charge in [-0.05, 0) is 103 Å². The van der Waals surface area contributed by atoms with Gasteiger partial charge in [-0.1, -0.05) is 65.8 Å². The van der Waals surface area contributed by atoms with Gasteiger partial charge in [0.25, 0.3) is 0 Å². The van der Waals surface area contributed by atoms with Gasteiger partial charge in [0.15, 0.2) is 0 Å². The zero-order valence-corrected chi connectivity index (χ0v) is 26.9. The summed E-state index contributed by atoms with van der Waals surface area (Å²) in [4.78, 5) is 25.3. The van der Waals surface area contributed by atoms with Crippen molar-refractivity contribution >= 4 is 11.9 Å². The Balaban J connectivity index is 1.33. The summed E-state index contributed by atoms with van der Waals surface area (Å²) in [6, 6.07) is 22.2. The lowest BCUT2D eigenvalue weighted by atomic mass is 9.72. The molecule has 0 aliphatic rings. The molecule has 0 saturated heterocycles. The minimum atomic E-state index is -0.420. The van der Waals surface area contributed by atoms with Crippen LogP contribution < -0.4 is 14.2 Å². The van der Waals surface area contributed by atoms with Crippen LogP contribution >= 0.6 is 0 Å². The van der Waals surface area contributed by atoms with Crippen LogP contribution in [-0.2, 0) is 9.53 Å². The zero-order chi connectivity index (χ0) is 31.5. The summed E-state index contributed by atoms with van der Waals surface area (Å²) in [5, 5.41) is 0. The lowest BCUT2D eigenvalue weighted by Crippen LogP contribution is -2.33. The van der Waals surface area contributed by atoms with Crippen LogP contribution in [0.1, 0.15) is 84.0 Å². The summed E-state index contributed by atoms with van der Waals surface area (Å²) in [5.41, 5.74) is 2.49. The molecule has 3 rings (SSSR count). The summed E-state index contributed by atoms with van der Waals surface area (Å²) in [6.45, 7) is 13.8. The first-order chi connectivity index (χ1) is 20.4. The normalized spacial score (nSPS) is 12.3. The predicted octanol–water partition coefficient (Wildman–Crippen LogP) is 9.16. The third-order valence-corrected chi connectivity index (χ3v) is 7.28. The average Bonchev–Trinajstić information content (AvgIpc) is 2.97. The first kappa shape index (κ1) is 33.7. The van der Waals surface area contributed by atoms with E-state index in [4.69, 9.17) is 18.9 Å². The highest BCUT2D eigenvalue weighted by Crippen LogP contribution is 2.37.